The fourth-order valence-electron chi connectivity index (χ4n) is 4.30. The molecule has 1 aromatic carbocycles. The average Bonchev–Trinajstić information content (AvgIpc) is 2.72. The zero-order chi connectivity index (χ0) is 21.7. The van der Waals surface area contributed by atoms with Crippen LogP contribution in [0.1, 0.15) is 51.0 Å². The Morgan fingerprint density at radius 1 is 1.10 bits per heavy atom. The molecule has 6 nitrogen and oxygen atoms in total. The van der Waals surface area contributed by atoms with Crippen LogP contribution in [0, 0.1) is 11.6 Å². The summed E-state index contributed by atoms with van der Waals surface area (Å²) in [5.41, 5.74) is 0.718. The Labute approximate surface area is 177 Å². The number of piperidine rings is 2. The van der Waals surface area contributed by atoms with Crippen LogP contribution in [0.5, 0.6) is 0 Å². The predicted octanol–water partition coefficient (Wildman–Crippen LogP) is 2.64. The number of sulfonamides is 1. The lowest BCUT2D eigenvalue weighted by Gasteiger charge is -2.36. The highest BCUT2D eigenvalue weighted by Gasteiger charge is 2.37. The zero-order valence-electron chi connectivity index (χ0n) is 17.4. The van der Waals surface area contributed by atoms with E-state index in [1.165, 1.54) is 10.4 Å². The van der Waals surface area contributed by atoms with Crippen molar-refractivity contribution in [2.75, 3.05) is 25.4 Å². The third kappa shape index (κ3) is 5.76. The maximum absolute atomic E-state index is 13.4. The highest BCUT2D eigenvalue weighted by Crippen LogP contribution is 2.23. The second-order valence-electron chi connectivity index (χ2n) is 8.25. The number of nitrogens with zero attached hydrogens (tertiary/aromatic N) is 2. The molecule has 168 valence electrons. The molecule has 1 atom stereocenters. The van der Waals surface area contributed by atoms with E-state index in [4.69, 9.17) is 0 Å². The smallest absolute Gasteiger partial charge is 0.238 e. The maximum atomic E-state index is 13.4. The Kier molecular flexibility index (Phi) is 7.81. The maximum Gasteiger partial charge on any atom is 0.238 e. The van der Waals surface area contributed by atoms with Gasteiger partial charge in [-0.1, -0.05) is 19.4 Å². The molecule has 0 aliphatic carbocycles. The van der Waals surface area contributed by atoms with Gasteiger partial charge in [0.1, 0.15) is 6.04 Å². The van der Waals surface area contributed by atoms with Crippen LogP contribution in [0.25, 0.3) is 0 Å². The van der Waals surface area contributed by atoms with E-state index in [-0.39, 0.29) is 17.7 Å². The van der Waals surface area contributed by atoms with Crippen molar-refractivity contribution in [2.45, 2.75) is 64.1 Å². The standard InChI is InChI=1S/C21H31F2N3O3S/c1-2-13-30(28,29)26-10-4-3-5-20(26)21(27)24-17-8-11-25(12-9-17)15-16-6-7-18(22)19(23)14-16/h6-7,14,17,20H,2-5,8-13,15H2,1H3,(H,24,27). The first kappa shape index (κ1) is 23.1. The Bertz CT molecular complexity index is 842. The molecule has 3 rings (SSSR count). The van der Waals surface area contributed by atoms with Crippen molar-refractivity contribution in [2.24, 2.45) is 0 Å². The number of hydrogen-bond donors (Lipinski definition) is 1. The summed E-state index contributed by atoms with van der Waals surface area (Å²) in [6.07, 6.45) is 4.21. The highest BCUT2D eigenvalue weighted by molar-refractivity contribution is 7.89. The largest absolute Gasteiger partial charge is 0.352 e. The molecule has 0 radical (unpaired) electrons. The molecule has 9 heteroatoms. The summed E-state index contributed by atoms with van der Waals surface area (Å²) in [4.78, 5) is 15.0. The SMILES string of the molecule is CCCS(=O)(=O)N1CCCCC1C(=O)NC1CCN(Cc2ccc(F)c(F)c2)CC1. The molecule has 1 N–H and O–H groups in total. The van der Waals surface area contributed by atoms with Gasteiger partial charge in [-0.05, 0) is 49.8 Å². The Morgan fingerprint density at radius 2 is 1.83 bits per heavy atom. The third-order valence-corrected chi connectivity index (χ3v) is 7.98. The van der Waals surface area contributed by atoms with Crippen LogP contribution in [0.4, 0.5) is 8.78 Å². The van der Waals surface area contributed by atoms with Gasteiger partial charge in [0.25, 0.3) is 0 Å². The summed E-state index contributed by atoms with van der Waals surface area (Å²) in [5.74, 6) is -1.82. The van der Waals surface area contributed by atoms with Crippen LogP contribution < -0.4 is 5.32 Å². The van der Waals surface area contributed by atoms with Crippen LogP contribution in [0.3, 0.4) is 0 Å². The molecule has 2 fully saturated rings. The summed E-state index contributed by atoms with van der Waals surface area (Å²) in [7, 11) is -3.41. The van der Waals surface area contributed by atoms with Crippen LogP contribution in [-0.2, 0) is 21.4 Å². The van der Waals surface area contributed by atoms with Crippen molar-refractivity contribution < 1.29 is 22.0 Å². The normalized spacial score (nSPS) is 22.2. The Hall–Kier alpha value is -1.58. The number of nitrogens with one attached hydrogen (secondary N) is 1. The summed E-state index contributed by atoms with van der Waals surface area (Å²) in [6, 6.07) is 3.32. The molecule has 0 aromatic heterocycles. The van der Waals surface area contributed by atoms with Crippen LogP contribution >= 0.6 is 0 Å². The topological polar surface area (TPSA) is 69.7 Å². The number of benzene rings is 1. The van der Waals surface area contributed by atoms with Crippen molar-refractivity contribution in [3.05, 3.63) is 35.4 Å². The van der Waals surface area contributed by atoms with Gasteiger partial charge in [-0.2, -0.15) is 4.31 Å². The van der Waals surface area contributed by atoms with Gasteiger partial charge in [-0.25, -0.2) is 17.2 Å². The molecular formula is C21H31F2N3O3S. The van der Waals surface area contributed by atoms with E-state index >= 15 is 0 Å². The van der Waals surface area contributed by atoms with Gasteiger partial charge < -0.3 is 5.32 Å². The molecule has 2 aliphatic rings. The van der Waals surface area contributed by atoms with Crippen molar-refractivity contribution >= 4 is 15.9 Å². The molecule has 0 spiro atoms. The number of amides is 1. The first-order valence-electron chi connectivity index (χ1n) is 10.8. The van der Waals surface area contributed by atoms with Crippen molar-refractivity contribution in [1.82, 2.24) is 14.5 Å². The van der Waals surface area contributed by atoms with E-state index in [1.807, 2.05) is 6.92 Å². The van der Waals surface area contributed by atoms with Crippen LogP contribution in [0.2, 0.25) is 0 Å². The van der Waals surface area contributed by atoms with Crippen molar-refractivity contribution in [1.29, 1.82) is 0 Å². The Morgan fingerprint density at radius 3 is 2.50 bits per heavy atom. The number of hydrogen-bond acceptors (Lipinski definition) is 4. The first-order chi connectivity index (χ1) is 14.3. The van der Waals surface area contributed by atoms with E-state index in [9.17, 15) is 22.0 Å². The van der Waals surface area contributed by atoms with Gasteiger partial charge in [0.15, 0.2) is 11.6 Å². The molecule has 2 saturated heterocycles. The lowest BCUT2D eigenvalue weighted by atomic mass is 10.0. The molecule has 1 unspecified atom stereocenters. The molecule has 30 heavy (non-hydrogen) atoms. The van der Waals surface area contributed by atoms with Gasteiger partial charge in [-0.15, -0.1) is 0 Å². The number of carbonyl (C=O) groups is 1. The number of rotatable bonds is 7. The van der Waals surface area contributed by atoms with E-state index in [0.717, 1.165) is 50.4 Å². The van der Waals surface area contributed by atoms with E-state index in [0.29, 0.717) is 25.9 Å². The minimum Gasteiger partial charge on any atom is -0.352 e. The van der Waals surface area contributed by atoms with Crippen molar-refractivity contribution in [3.8, 4) is 0 Å². The highest BCUT2D eigenvalue weighted by atomic mass is 32.2. The van der Waals surface area contributed by atoms with E-state index in [1.54, 1.807) is 6.07 Å². The number of carbonyl (C=O) groups excluding carboxylic acids is 1. The Balaban J connectivity index is 1.52. The monoisotopic (exact) mass is 443 g/mol. The van der Waals surface area contributed by atoms with Gasteiger partial charge in [-0.3, -0.25) is 9.69 Å². The fraction of sp³-hybridized carbons (Fsp3) is 0.667. The summed E-state index contributed by atoms with van der Waals surface area (Å²) >= 11 is 0. The van der Waals surface area contributed by atoms with Crippen LogP contribution in [-0.4, -0.2) is 61.0 Å². The average molecular weight is 444 g/mol. The zero-order valence-corrected chi connectivity index (χ0v) is 18.3. The van der Waals surface area contributed by atoms with Gasteiger partial charge >= 0.3 is 0 Å². The molecule has 2 aliphatic heterocycles. The molecule has 0 saturated carbocycles. The quantitative estimate of drug-likeness (QED) is 0.704. The van der Waals surface area contributed by atoms with Gasteiger partial charge in [0.2, 0.25) is 15.9 Å². The van der Waals surface area contributed by atoms with Crippen LogP contribution in [0.15, 0.2) is 18.2 Å². The molecule has 1 aromatic rings. The number of likely N-dealkylation sites (tertiary alicyclic amines) is 1. The number of halogens is 2. The van der Waals surface area contributed by atoms with Gasteiger partial charge in [0, 0.05) is 32.2 Å². The summed E-state index contributed by atoms with van der Waals surface area (Å²) in [5, 5.41) is 3.05. The molecule has 0 bridgehead atoms. The predicted molar refractivity (Wildman–Crippen MR) is 111 cm³/mol. The lowest BCUT2D eigenvalue weighted by Crippen LogP contribution is -2.55. The van der Waals surface area contributed by atoms with E-state index in [2.05, 4.69) is 10.2 Å². The molecular weight excluding hydrogens is 412 g/mol. The van der Waals surface area contributed by atoms with Crippen molar-refractivity contribution in [3.63, 3.8) is 0 Å². The fourth-order valence-corrected chi connectivity index (χ4v) is 6.05. The van der Waals surface area contributed by atoms with Gasteiger partial charge in [0.05, 0.1) is 5.75 Å². The summed E-state index contributed by atoms with van der Waals surface area (Å²) < 4.78 is 53.0. The minimum absolute atomic E-state index is 0.00337. The third-order valence-electron chi connectivity index (χ3n) is 5.90. The molecule has 2 heterocycles. The van der Waals surface area contributed by atoms with E-state index < -0.39 is 27.7 Å². The second kappa shape index (κ2) is 10.2. The first-order valence-corrected chi connectivity index (χ1v) is 12.4. The lowest BCUT2D eigenvalue weighted by molar-refractivity contribution is -0.126. The second-order valence-corrected chi connectivity index (χ2v) is 10.3. The summed E-state index contributed by atoms with van der Waals surface area (Å²) in [6.45, 7) is 4.22. The molecule has 1 amide bonds. The minimum atomic E-state index is -3.41.